The molecule has 0 radical (unpaired) electrons. The number of amides is 2. The number of aromatic amines is 1. The van der Waals surface area contributed by atoms with Crippen molar-refractivity contribution in [1.82, 2.24) is 10.3 Å². The number of aliphatic imine (C=N–C) groups is 1. The van der Waals surface area contributed by atoms with Gasteiger partial charge in [-0.2, -0.15) is 0 Å². The van der Waals surface area contributed by atoms with Gasteiger partial charge in [-0.15, -0.1) is 0 Å². The van der Waals surface area contributed by atoms with Crippen LogP contribution in [0.15, 0.2) is 65.4 Å². The molecule has 25 heavy (non-hydrogen) atoms. The summed E-state index contributed by atoms with van der Waals surface area (Å²) in [7, 11) is 0. The van der Waals surface area contributed by atoms with Crippen molar-refractivity contribution >= 4 is 34.5 Å². The summed E-state index contributed by atoms with van der Waals surface area (Å²) in [5.41, 5.74) is 4.02. The van der Waals surface area contributed by atoms with Crippen LogP contribution in [0, 0.1) is 6.92 Å². The van der Waals surface area contributed by atoms with Gasteiger partial charge >= 0.3 is 0 Å². The van der Waals surface area contributed by atoms with E-state index in [1.54, 1.807) is 12.4 Å². The van der Waals surface area contributed by atoms with Crippen molar-refractivity contribution in [3.63, 3.8) is 0 Å². The van der Waals surface area contributed by atoms with Crippen LogP contribution in [-0.4, -0.2) is 23.0 Å². The number of H-pyrrole nitrogens is 1. The molecule has 122 valence electrons. The van der Waals surface area contributed by atoms with Gasteiger partial charge in [-0.1, -0.05) is 48.0 Å². The molecule has 5 heteroatoms. The van der Waals surface area contributed by atoms with Gasteiger partial charge < -0.3 is 4.98 Å². The summed E-state index contributed by atoms with van der Waals surface area (Å²) < 4.78 is 0. The fourth-order valence-corrected chi connectivity index (χ4v) is 2.89. The number of para-hydroxylation sites is 1. The third-order valence-corrected chi connectivity index (χ3v) is 4.18. The Morgan fingerprint density at radius 2 is 1.72 bits per heavy atom. The first-order chi connectivity index (χ1) is 12.1. The van der Waals surface area contributed by atoms with Gasteiger partial charge in [0.1, 0.15) is 5.70 Å². The van der Waals surface area contributed by atoms with Gasteiger partial charge in [0, 0.05) is 28.9 Å². The van der Waals surface area contributed by atoms with E-state index in [0.29, 0.717) is 11.1 Å². The summed E-state index contributed by atoms with van der Waals surface area (Å²) in [6.45, 7) is 2.00. The fraction of sp³-hybridized carbons (Fsp3) is 0.0500. The van der Waals surface area contributed by atoms with Crippen LogP contribution in [0.25, 0.3) is 16.5 Å². The summed E-state index contributed by atoms with van der Waals surface area (Å²) in [5, 5.41) is 3.22. The Kier molecular flexibility index (Phi) is 3.54. The number of nitrogens with zero attached hydrogens (tertiary/aromatic N) is 1. The number of carbonyl (C=O) groups excluding carboxylic acids is 2. The molecule has 5 nitrogen and oxygen atoms in total. The van der Waals surface area contributed by atoms with Gasteiger partial charge in [-0.3, -0.25) is 14.9 Å². The lowest BCUT2D eigenvalue weighted by Crippen LogP contribution is -2.22. The highest BCUT2D eigenvalue weighted by atomic mass is 16.2. The summed E-state index contributed by atoms with van der Waals surface area (Å²) in [4.78, 5) is 31.9. The molecule has 2 aromatic carbocycles. The standard InChI is InChI=1S/C20H15N3O2/c1-12-6-8-13(9-7-12)10-22-18-17(19(24)23-20(18)25)15-11-21-16-5-3-2-4-14(15)16/h2-11,21H,1H3,(H,23,24,25). The lowest BCUT2D eigenvalue weighted by molar-refractivity contribution is -0.123. The Morgan fingerprint density at radius 1 is 0.960 bits per heavy atom. The van der Waals surface area contributed by atoms with Gasteiger partial charge in [-0.05, 0) is 18.6 Å². The maximum Gasteiger partial charge on any atom is 0.277 e. The average Bonchev–Trinajstić information content (AvgIpc) is 3.14. The maximum absolute atomic E-state index is 12.3. The highest BCUT2D eigenvalue weighted by Gasteiger charge is 2.32. The highest BCUT2D eigenvalue weighted by molar-refractivity contribution is 6.37. The van der Waals surface area contributed by atoms with Gasteiger partial charge in [0.05, 0.1) is 5.57 Å². The normalized spacial score (nSPS) is 14.8. The second-order valence-electron chi connectivity index (χ2n) is 5.92. The van der Waals surface area contributed by atoms with E-state index in [2.05, 4.69) is 15.3 Å². The zero-order valence-electron chi connectivity index (χ0n) is 13.5. The molecule has 2 heterocycles. The molecular formula is C20H15N3O2. The molecule has 3 aromatic rings. The molecule has 0 unspecified atom stereocenters. The van der Waals surface area contributed by atoms with Crippen LogP contribution in [-0.2, 0) is 9.59 Å². The number of nitrogens with one attached hydrogen (secondary N) is 2. The van der Waals surface area contributed by atoms with E-state index in [1.165, 1.54) is 0 Å². The van der Waals surface area contributed by atoms with Crippen molar-refractivity contribution in [3.05, 3.63) is 77.1 Å². The molecular weight excluding hydrogens is 314 g/mol. The average molecular weight is 329 g/mol. The second kappa shape index (κ2) is 5.87. The summed E-state index contributed by atoms with van der Waals surface area (Å²) in [6, 6.07) is 15.4. The van der Waals surface area contributed by atoms with Crippen LogP contribution in [0.5, 0.6) is 0 Å². The molecule has 1 aliphatic heterocycles. The molecule has 0 fully saturated rings. The number of benzene rings is 2. The van der Waals surface area contributed by atoms with Crippen LogP contribution in [0.1, 0.15) is 16.7 Å². The fourth-order valence-electron chi connectivity index (χ4n) is 2.89. The van der Waals surface area contributed by atoms with Crippen LogP contribution in [0.2, 0.25) is 0 Å². The highest BCUT2D eigenvalue weighted by Crippen LogP contribution is 2.30. The van der Waals surface area contributed by atoms with Crippen LogP contribution in [0.4, 0.5) is 0 Å². The summed E-state index contributed by atoms with van der Waals surface area (Å²) >= 11 is 0. The zero-order chi connectivity index (χ0) is 17.4. The number of hydrogen-bond acceptors (Lipinski definition) is 3. The van der Waals surface area contributed by atoms with Crippen molar-refractivity contribution in [1.29, 1.82) is 0 Å². The molecule has 1 aromatic heterocycles. The molecule has 4 rings (SSSR count). The van der Waals surface area contributed by atoms with Crippen molar-refractivity contribution in [2.45, 2.75) is 6.92 Å². The number of aryl methyl sites for hydroxylation is 1. The SMILES string of the molecule is Cc1ccc(C=NC2=C(c3c[nH]c4ccccc34)C(=O)NC2=O)cc1. The minimum atomic E-state index is -0.478. The first kappa shape index (κ1) is 15.1. The number of fused-ring (bicyclic) bond motifs is 1. The molecule has 2 N–H and O–H groups in total. The monoisotopic (exact) mass is 329 g/mol. The number of rotatable bonds is 3. The molecule has 2 amide bonds. The van der Waals surface area contributed by atoms with Crippen molar-refractivity contribution in [2.75, 3.05) is 0 Å². The summed E-state index contributed by atoms with van der Waals surface area (Å²) in [6.07, 6.45) is 3.33. The van der Waals surface area contributed by atoms with E-state index in [4.69, 9.17) is 0 Å². The van der Waals surface area contributed by atoms with E-state index < -0.39 is 11.8 Å². The third kappa shape index (κ3) is 2.65. The molecule has 0 atom stereocenters. The predicted molar refractivity (Wildman–Crippen MR) is 97.1 cm³/mol. The number of hydrogen-bond donors (Lipinski definition) is 2. The second-order valence-corrected chi connectivity index (χ2v) is 5.92. The zero-order valence-corrected chi connectivity index (χ0v) is 13.5. The smallest absolute Gasteiger partial charge is 0.277 e. The van der Waals surface area contributed by atoms with Crippen molar-refractivity contribution < 1.29 is 9.59 Å². The summed E-state index contributed by atoms with van der Waals surface area (Å²) in [5.74, 6) is -0.903. The lowest BCUT2D eigenvalue weighted by atomic mass is 10.0. The van der Waals surface area contributed by atoms with Crippen LogP contribution in [0.3, 0.4) is 0 Å². The molecule has 0 bridgehead atoms. The Labute approximate surface area is 144 Å². The maximum atomic E-state index is 12.3. The quantitative estimate of drug-likeness (QED) is 0.573. The Hall–Kier alpha value is -3.47. The topological polar surface area (TPSA) is 74.3 Å². The van der Waals surface area contributed by atoms with Gasteiger partial charge in [0.15, 0.2) is 0 Å². The minimum Gasteiger partial charge on any atom is -0.361 e. The largest absolute Gasteiger partial charge is 0.361 e. The first-order valence-corrected chi connectivity index (χ1v) is 7.90. The molecule has 0 aliphatic carbocycles. The van der Waals surface area contributed by atoms with Crippen LogP contribution >= 0.6 is 0 Å². The van der Waals surface area contributed by atoms with Crippen molar-refractivity contribution in [3.8, 4) is 0 Å². The number of imide groups is 1. The van der Waals surface area contributed by atoms with E-state index in [9.17, 15) is 9.59 Å². The molecule has 1 aliphatic rings. The van der Waals surface area contributed by atoms with E-state index >= 15 is 0 Å². The predicted octanol–water partition coefficient (Wildman–Crippen LogP) is 2.96. The lowest BCUT2D eigenvalue weighted by Gasteiger charge is -1.99. The van der Waals surface area contributed by atoms with E-state index in [0.717, 1.165) is 22.0 Å². The van der Waals surface area contributed by atoms with Crippen molar-refractivity contribution in [2.24, 2.45) is 4.99 Å². The van der Waals surface area contributed by atoms with Gasteiger partial charge in [-0.25, -0.2) is 4.99 Å². The van der Waals surface area contributed by atoms with Gasteiger partial charge in [0.25, 0.3) is 11.8 Å². The van der Waals surface area contributed by atoms with Crippen LogP contribution < -0.4 is 5.32 Å². The van der Waals surface area contributed by atoms with E-state index in [-0.39, 0.29) is 5.70 Å². The number of carbonyl (C=O) groups is 2. The van der Waals surface area contributed by atoms with E-state index in [1.807, 2.05) is 55.5 Å². The first-order valence-electron chi connectivity index (χ1n) is 7.90. The molecule has 0 saturated carbocycles. The minimum absolute atomic E-state index is 0.135. The Bertz CT molecular complexity index is 1060. The van der Waals surface area contributed by atoms with Gasteiger partial charge in [0.2, 0.25) is 0 Å². The molecule has 0 spiro atoms. The number of aromatic nitrogens is 1. The Balaban J connectivity index is 1.82. The molecule has 0 saturated heterocycles. The Morgan fingerprint density at radius 3 is 2.52 bits per heavy atom. The third-order valence-electron chi connectivity index (χ3n) is 4.18.